The molecule has 18 heavy (non-hydrogen) atoms. The van der Waals surface area contributed by atoms with E-state index in [-0.39, 0.29) is 5.91 Å². The maximum absolute atomic E-state index is 12.4. The maximum Gasteiger partial charge on any atom is 0.230 e. The zero-order chi connectivity index (χ0) is 13.6. The number of hydrogen-bond donors (Lipinski definition) is 2. The highest BCUT2D eigenvalue weighted by atomic mass is 35.5. The summed E-state index contributed by atoms with van der Waals surface area (Å²) in [6, 6.07) is 7.51. The lowest BCUT2D eigenvalue weighted by Crippen LogP contribution is -2.45. The van der Waals surface area contributed by atoms with Gasteiger partial charge in [0.1, 0.15) is 0 Å². The molecule has 4 heteroatoms. The van der Waals surface area contributed by atoms with Gasteiger partial charge in [-0.3, -0.25) is 4.79 Å². The van der Waals surface area contributed by atoms with Gasteiger partial charge in [0.2, 0.25) is 5.91 Å². The zero-order valence-corrected chi connectivity index (χ0v) is 11.8. The molecular formula is C14H21ClN2O. The number of carbonyl (C=O) groups excluding carboxylic acids is 1. The molecule has 0 aliphatic carbocycles. The first-order valence-electron chi connectivity index (χ1n) is 6.35. The molecule has 0 unspecified atom stereocenters. The Balaban J connectivity index is 3.05. The molecule has 0 radical (unpaired) electrons. The van der Waals surface area contributed by atoms with Crippen LogP contribution in [-0.4, -0.2) is 19.0 Å². The second-order valence-corrected chi connectivity index (χ2v) is 4.78. The van der Waals surface area contributed by atoms with Crippen LogP contribution < -0.4 is 11.1 Å². The topological polar surface area (TPSA) is 55.1 Å². The molecule has 0 heterocycles. The van der Waals surface area contributed by atoms with Crippen molar-refractivity contribution in [1.82, 2.24) is 5.32 Å². The highest BCUT2D eigenvalue weighted by Crippen LogP contribution is 2.32. The van der Waals surface area contributed by atoms with Crippen LogP contribution in [0.2, 0.25) is 5.02 Å². The minimum absolute atomic E-state index is 0.0419. The van der Waals surface area contributed by atoms with Crippen molar-refractivity contribution in [1.29, 1.82) is 0 Å². The Morgan fingerprint density at radius 2 is 1.83 bits per heavy atom. The number of benzene rings is 1. The second kappa shape index (κ2) is 6.76. The molecule has 0 bridgehead atoms. The van der Waals surface area contributed by atoms with E-state index in [1.807, 2.05) is 38.1 Å². The van der Waals surface area contributed by atoms with Crippen molar-refractivity contribution in [2.45, 2.75) is 32.1 Å². The summed E-state index contributed by atoms with van der Waals surface area (Å²) in [5.41, 5.74) is 5.95. The van der Waals surface area contributed by atoms with Gasteiger partial charge in [-0.1, -0.05) is 37.6 Å². The lowest BCUT2D eigenvalue weighted by atomic mass is 9.75. The number of amides is 1. The molecular weight excluding hydrogens is 248 g/mol. The SMILES string of the molecule is CCC(CC)(C(=O)NCCN)c1ccc(Cl)cc1. The van der Waals surface area contributed by atoms with Crippen molar-refractivity contribution in [2.24, 2.45) is 5.73 Å². The van der Waals surface area contributed by atoms with Crippen LogP contribution in [0.5, 0.6) is 0 Å². The van der Waals surface area contributed by atoms with E-state index in [0.717, 1.165) is 18.4 Å². The second-order valence-electron chi connectivity index (χ2n) is 4.34. The van der Waals surface area contributed by atoms with Gasteiger partial charge < -0.3 is 11.1 Å². The van der Waals surface area contributed by atoms with Gasteiger partial charge in [0.25, 0.3) is 0 Å². The summed E-state index contributed by atoms with van der Waals surface area (Å²) < 4.78 is 0. The number of carbonyl (C=O) groups is 1. The molecule has 0 saturated heterocycles. The predicted molar refractivity (Wildman–Crippen MR) is 75.8 cm³/mol. The molecule has 1 rings (SSSR count). The third kappa shape index (κ3) is 3.03. The van der Waals surface area contributed by atoms with Crippen molar-refractivity contribution in [3.63, 3.8) is 0 Å². The molecule has 0 fully saturated rings. The molecule has 3 nitrogen and oxygen atoms in total. The number of halogens is 1. The van der Waals surface area contributed by atoms with E-state index in [1.54, 1.807) is 0 Å². The molecule has 0 aliphatic rings. The lowest BCUT2D eigenvalue weighted by Gasteiger charge is -2.31. The average Bonchev–Trinajstić information content (AvgIpc) is 2.40. The quantitative estimate of drug-likeness (QED) is 0.833. The van der Waals surface area contributed by atoms with Crippen LogP contribution in [0.3, 0.4) is 0 Å². The van der Waals surface area contributed by atoms with Crippen LogP contribution in [0, 0.1) is 0 Å². The molecule has 3 N–H and O–H groups in total. The summed E-state index contributed by atoms with van der Waals surface area (Å²) in [5.74, 6) is 0.0419. The summed E-state index contributed by atoms with van der Waals surface area (Å²) in [6.45, 7) is 5.02. The Bertz CT molecular complexity index is 385. The fourth-order valence-electron chi connectivity index (χ4n) is 2.23. The van der Waals surface area contributed by atoms with Crippen LogP contribution in [0.4, 0.5) is 0 Å². The van der Waals surface area contributed by atoms with Gasteiger partial charge in [0.05, 0.1) is 5.41 Å². The van der Waals surface area contributed by atoms with E-state index in [2.05, 4.69) is 5.32 Å². The maximum atomic E-state index is 12.4. The molecule has 0 aliphatic heterocycles. The van der Waals surface area contributed by atoms with E-state index >= 15 is 0 Å². The van der Waals surface area contributed by atoms with Gasteiger partial charge in [-0.15, -0.1) is 0 Å². The average molecular weight is 269 g/mol. The van der Waals surface area contributed by atoms with E-state index in [4.69, 9.17) is 17.3 Å². The molecule has 0 atom stereocenters. The minimum atomic E-state index is -0.486. The number of hydrogen-bond acceptors (Lipinski definition) is 2. The van der Waals surface area contributed by atoms with E-state index in [9.17, 15) is 4.79 Å². The zero-order valence-electron chi connectivity index (χ0n) is 11.0. The summed E-state index contributed by atoms with van der Waals surface area (Å²) in [6.07, 6.45) is 1.50. The molecule has 0 aromatic heterocycles. The molecule has 1 aromatic rings. The molecule has 1 aromatic carbocycles. The first-order valence-corrected chi connectivity index (χ1v) is 6.73. The Labute approximate surface area is 114 Å². The highest BCUT2D eigenvalue weighted by molar-refractivity contribution is 6.30. The normalized spacial score (nSPS) is 11.3. The van der Waals surface area contributed by atoms with Crippen molar-refractivity contribution in [3.05, 3.63) is 34.9 Å². The first-order chi connectivity index (χ1) is 8.60. The predicted octanol–water partition coefficient (Wildman–Crippen LogP) is 2.47. The monoisotopic (exact) mass is 268 g/mol. The van der Waals surface area contributed by atoms with Crippen molar-refractivity contribution in [3.8, 4) is 0 Å². The van der Waals surface area contributed by atoms with E-state index in [1.165, 1.54) is 0 Å². The van der Waals surface area contributed by atoms with Crippen molar-refractivity contribution < 1.29 is 4.79 Å². The standard InChI is InChI=1S/C14H21ClN2O/c1-3-14(4-2,13(18)17-10-9-16)11-5-7-12(15)8-6-11/h5-8H,3-4,9-10,16H2,1-2H3,(H,17,18). The van der Waals surface area contributed by atoms with Crippen LogP contribution in [0.15, 0.2) is 24.3 Å². The van der Waals surface area contributed by atoms with Crippen LogP contribution in [0.1, 0.15) is 32.3 Å². The summed E-state index contributed by atoms with van der Waals surface area (Å²) in [7, 11) is 0. The van der Waals surface area contributed by atoms with Crippen LogP contribution in [0.25, 0.3) is 0 Å². The lowest BCUT2D eigenvalue weighted by molar-refractivity contribution is -0.127. The van der Waals surface area contributed by atoms with E-state index in [0.29, 0.717) is 18.1 Å². The van der Waals surface area contributed by atoms with Gasteiger partial charge in [0.15, 0.2) is 0 Å². The smallest absolute Gasteiger partial charge is 0.230 e. The van der Waals surface area contributed by atoms with Gasteiger partial charge in [-0.25, -0.2) is 0 Å². The van der Waals surface area contributed by atoms with Crippen molar-refractivity contribution in [2.75, 3.05) is 13.1 Å². The Hall–Kier alpha value is -1.06. The Kier molecular flexibility index (Phi) is 5.63. The largest absolute Gasteiger partial charge is 0.354 e. The third-order valence-electron chi connectivity index (χ3n) is 3.47. The fraction of sp³-hybridized carbons (Fsp3) is 0.500. The van der Waals surface area contributed by atoms with Crippen molar-refractivity contribution >= 4 is 17.5 Å². The summed E-state index contributed by atoms with van der Waals surface area (Å²) >= 11 is 5.89. The van der Waals surface area contributed by atoms with Gasteiger partial charge in [-0.05, 0) is 30.5 Å². The minimum Gasteiger partial charge on any atom is -0.354 e. The summed E-state index contributed by atoms with van der Waals surface area (Å²) in [5, 5.41) is 3.57. The van der Waals surface area contributed by atoms with Gasteiger partial charge in [0, 0.05) is 18.1 Å². The first kappa shape index (κ1) is 15.0. The number of rotatable bonds is 6. The molecule has 0 spiro atoms. The Morgan fingerprint density at radius 3 is 2.28 bits per heavy atom. The van der Waals surface area contributed by atoms with E-state index < -0.39 is 5.41 Å². The highest BCUT2D eigenvalue weighted by Gasteiger charge is 2.36. The molecule has 0 saturated carbocycles. The molecule has 100 valence electrons. The summed E-state index contributed by atoms with van der Waals surface area (Å²) in [4.78, 5) is 12.4. The van der Waals surface area contributed by atoms with Gasteiger partial charge >= 0.3 is 0 Å². The Morgan fingerprint density at radius 1 is 1.28 bits per heavy atom. The number of nitrogens with two attached hydrogens (primary N) is 1. The van der Waals surface area contributed by atoms with Crippen LogP contribution in [-0.2, 0) is 10.2 Å². The molecule has 1 amide bonds. The van der Waals surface area contributed by atoms with Gasteiger partial charge in [-0.2, -0.15) is 0 Å². The van der Waals surface area contributed by atoms with Crippen LogP contribution >= 0.6 is 11.6 Å². The number of nitrogens with one attached hydrogen (secondary N) is 1. The third-order valence-corrected chi connectivity index (χ3v) is 3.72. The fourth-order valence-corrected chi connectivity index (χ4v) is 2.36.